The molecule has 1 rings (SSSR count). The molecule has 0 radical (unpaired) electrons. The smallest absolute Gasteiger partial charge is 0.189 e. The van der Waals surface area contributed by atoms with E-state index in [1.165, 1.54) is 88.8 Å². The Bertz CT molecular complexity index is 347. The van der Waals surface area contributed by atoms with Gasteiger partial charge in [0.1, 0.15) is 0 Å². The number of carbonyl (C=O) groups is 1. The maximum Gasteiger partial charge on any atom is 0.189 e. The molecule has 0 aromatic rings. The van der Waals surface area contributed by atoms with Crippen LogP contribution in [0, 0.1) is 0 Å². The molecule has 1 fully saturated rings. The molecule has 0 spiro atoms. The van der Waals surface area contributed by atoms with E-state index in [9.17, 15) is 4.79 Å². The van der Waals surface area contributed by atoms with E-state index in [2.05, 4.69) is 12.2 Å². The largest absolute Gasteiger partial charge is 0.378 e. The lowest BCUT2D eigenvalue weighted by Crippen LogP contribution is -2.14. The Hall–Kier alpha value is -0.0900. The number of thiocarbonyl (C=S) groups is 1. The molecule has 1 atom stereocenters. The molecule has 1 heterocycles. The maximum atomic E-state index is 11.9. The highest BCUT2D eigenvalue weighted by atomic mass is 32.2. The van der Waals surface area contributed by atoms with Crippen LogP contribution >= 0.6 is 24.0 Å². The maximum absolute atomic E-state index is 11.9. The molecule has 0 aliphatic carbocycles. The van der Waals surface area contributed by atoms with Gasteiger partial charge in [-0.2, -0.15) is 0 Å². The Labute approximate surface area is 159 Å². The van der Waals surface area contributed by atoms with E-state index in [4.69, 9.17) is 12.2 Å². The van der Waals surface area contributed by atoms with Gasteiger partial charge in [-0.25, -0.2) is 0 Å². The zero-order valence-electron chi connectivity index (χ0n) is 15.6. The number of thioether (sulfide) groups is 1. The van der Waals surface area contributed by atoms with Crippen LogP contribution in [0.1, 0.15) is 103 Å². The van der Waals surface area contributed by atoms with Gasteiger partial charge in [-0.05, 0) is 6.42 Å². The van der Waals surface area contributed by atoms with Crippen molar-refractivity contribution in [3.63, 3.8) is 0 Å². The summed E-state index contributed by atoms with van der Waals surface area (Å²) in [6, 6.07) is 0. The van der Waals surface area contributed by atoms with Gasteiger partial charge in [0.05, 0.1) is 4.99 Å². The molecule has 0 aromatic heterocycles. The van der Waals surface area contributed by atoms with E-state index in [-0.39, 0.29) is 0 Å². The summed E-state index contributed by atoms with van der Waals surface area (Å²) in [5.41, 5.74) is 0. The third kappa shape index (κ3) is 12.3. The van der Waals surface area contributed by atoms with Crippen molar-refractivity contribution < 1.29 is 4.79 Å². The minimum absolute atomic E-state index is 0.356. The van der Waals surface area contributed by atoms with Gasteiger partial charge in [-0.15, -0.1) is 0 Å². The second kappa shape index (κ2) is 15.2. The molecule has 1 saturated heterocycles. The van der Waals surface area contributed by atoms with Crippen LogP contribution < -0.4 is 5.32 Å². The summed E-state index contributed by atoms with van der Waals surface area (Å²) in [5.74, 6) is 0. The van der Waals surface area contributed by atoms with Crippen LogP contribution in [0.4, 0.5) is 0 Å². The topological polar surface area (TPSA) is 29.1 Å². The van der Waals surface area contributed by atoms with Crippen LogP contribution in [-0.4, -0.2) is 21.9 Å². The monoisotopic (exact) mass is 371 g/mol. The second-order valence-electron chi connectivity index (χ2n) is 7.11. The van der Waals surface area contributed by atoms with Crippen molar-refractivity contribution in [2.24, 2.45) is 0 Å². The minimum Gasteiger partial charge on any atom is -0.378 e. The van der Waals surface area contributed by atoms with E-state index < -0.39 is 0 Å². The SMILES string of the molecule is CCCCCCCCCCCCCCCC(=O)S[C@H]1CNC(=S)C1. The summed E-state index contributed by atoms with van der Waals surface area (Å²) in [6.07, 6.45) is 19.2. The van der Waals surface area contributed by atoms with Gasteiger partial charge in [0.25, 0.3) is 0 Å². The fourth-order valence-corrected chi connectivity index (χ4v) is 4.63. The number of hydrogen-bond donors (Lipinski definition) is 1. The first-order chi connectivity index (χ1) is 11.7. The average molecular weight is 372 g/mol. The van der Waals surface area contributed by atoms with Crippen LogP contribution in [0.15, 0.2) is 0 Å². The van der Waals surface area contributed by atoms with Crippen LogP contribution in [0.3, 0.4) is 0 Å². The van der Waals surface area contributed by atoms with Crippen LogP contribution in [-0.2, 0) is 4.79 Å². The molecular weight excluding hydrogens is 334 g/mol. The third-order valence-corrected chi connectivity index (χ3v) is 6.17. The summed E-state index contributed by atoms with van der Waals surface area (Å²) in [7, 11) is 0. The van der Waals surface area contributed by atoms with Crippen LogP contribution in [0.2, 0.25) is 0 Å². The van der Waals surface area contributed by atoms with Gasteiger partial charge in [-0.3, -0.25) is 4.79 Å². The normalized spacial score (nSPS) is 17.2. The van der Waals surface area contributed by atoms with Crippen molar-refractivity contribution in [2.75, 3.05) is 6.54 Å². The quantitative estimate of drug-likeness (QED) is 0.266. The van der Waals surface area contributed by atoms with Gasteiger partial charge in [0.15, 0.2) is 5.12 Å². The third-order valence-electron chi connectivity index (χ3n) is 4.72. The van der Waals surface area contributed by atoms with Gasteiger partial charge in [-0.1, -0.05) is 108 Å². The molecule has 0 unspecified atom stereocenters. The Balaban J connectivity index is 1.77. The summed E-state index contributed by atoms with van der Waals surface area (Å²) in [6.45, 7) is 3.14. The van der Waals surface area contributed by atoms with Gasteiger partial charge < -0.3 is 5.32 Å². The highest BCUT2D eigenvalue weighted by Crippen LogP contribution is 2.22. The van der Waals surface area contributed by atoms with Crippen molar-refractivity contribution >= 4 is 34.1 Å². The molecule has 2 nitrogen and oxygen atoms in total. The van der Waals surface area contributed by atoms with Crippen LogP contribution in [0.5, 0.6) is 0 Å². The van der Waals surface area contributed by atoms with E-state index >= 15 is 0 Å². The molecular formula is C20H37NOS2. The first-order valence-electron chi connectivity index (χ1n) is 10.2. The summed E-state index contributed by atoms with van der Waals surface area (Å²) >= 11 is 6.62. The Morgan fingerprint density at radius 3 is 1.92 bits per heavy atom. The zero-order chi connectivity index (χ0) is 17.5. The fourth-order valence-electron chi connectivity index (χ4n) is 3.19. The highest BCUT2D eigenvalue weighted by molar-refractivity contribution is 8.14. The number of rotatable bonds is 15. The summed E-state index contributed by atoms with van der Waals surface area (Å²) in [4.78, 5) is 12.8. The lowest BCUT2D eigenvalue weighted by molar-refractivity contribution is -0.111. The molecule has 0 aromatic carbocycles. The highest BCUT2D eigenvalue weighted by Gasteiger charge is 2.21. The van der Waals surface area contributed by atoms with Gasteiger partial charge in [0.2, 0.25) is 0 Å². The minimum atomic E-state index is 0.356. The van der Waals surface area contributed by atoms with E-state index in [1.807, 2.05) is 0 Å². The van der Waals surface area contributed by atoms with Crippen molar-refractivity contribution in [3.8, 4) is 0 Å². The van der Waals surface area contributed by atoms with Crippen LogP contribution in [0.25, 0.3) is 0 Å². The molecule has 140 valence electrons. The average Bonchev–Trinajstić information content (AvgIpc) is 2.96. The molecule has 0 amide bonds. The first-order valence-corrected chi connectivity index (χ1v) is 11.5. The molecule has 4 heteroatoms. The Morgan fingerprint density at radius 2 is 1.46 bits per heavy atom. The standard InChI is InChI=1S/C20H37NOS2/c1-2-3-4-5-6-7-8-9-10-11-12-13-14-15-20(22)24-18-16-19(23)21-17-18/h18H,2-17H2,1H3,(H,21,23)/t18-/m1/s1. The molecule has 1 N–H and O–H groups in total. The van der Waals surface area contributed by atoms with Crippen molar-refractivity contribution in [2.45, 2.75) is 108 Å². The van der Waals surface area contributed by atoms with E-state index in [1.54, 1.807) is 0 Å². The Morgan fingerprint density at radius 1 is 0.958 bits per heavy atom. The van der Waals surface area contributed by atoms with Crippen molar-refractivity contribution in [3.05, 3.63) is 0 Å². The van der Waals surface area contributed by atoms with Gasteiger partial charge >= 0.3 is 0 Å². The summed E-state index contributed by atoms with van der Waals surface area (Å²) < 4.78 is 0. The Kier molecular flexibility index (Phi) is 13.9. The number of carbonyl (C=O) groups excluding carboxylic acids is 1. The fraction of sp³-hybridized carbons (Fsp3) is 0.900. The summed E-state index contributed by atoms with van der Waals surface area (Å²) in [5, 5.41) is 3.89. The first kappa shape index (κ1) is 22.0. The van der Waals surface area contributed by atoms with Crippen molar-refractivity contribution in [1.82, 2.24) is 5.32 Å². The van der Waals surface area contributed by atoms with Gasteiger partial charge in [0, 0.05) is 24.6 Å². The molecule has 0 saturated carbocycles. The predicted octanol–water partition coefficient (Wildman–Crippen LogP) is 6.42. The van der Waals surface area contributed by atoms with E-state index in [0.717, 1.165) is 30.8 Å². The lowest BCUT2D eigenvalue weighted by atomic mass is 10.0. The molecule has 0 bridgehead atoms. The molecule has 1 aliphatic heterocycles. The molecule has 24 heavy (non-hydrogen) atoms. The second-order valence-corrected chi connectivity index (χ2v) is 8.96. The lowest BCUT2D eigenvalue weighted by Gasteiger charge is -2.06. The zero-order valence-corrected chi connectivity index (χ0v) is 17.2. The van der Waals surface area contributed by atoms with Crippen molar-refractivity contribution in [1.29, 1.82) is 0 Å². The number of hydrogen-bond acceptors (Lipinski definition) is 3. The molecule has 1 aliphatic rings. The van der Waals surface area contributed by atoms with E-state index in [0.29, 0.717) is 10.4 Å². The number of unbranched alkanes of at least 4 members (excludes halogenated alkanes) is 12. The number of nitrogens with one attached hydrogen (secondary N) is 1. The predicted molar refractivity (Wildman–Crippen MR) is 112 cm³/mol.